The minimum atomic E-state index is 0.744. The van der Waals surface area contributed by atoms with Crippen LogP contribution in [0.2, 0.25) is 0 Å². The van der Waals surface area contributed by atoms with E-state index in [0.29, 0.717) is 0 Å². The summed E-state index contributed by atoms with van der Waals surface area (Å²) in [4.78, 5) is 2.12. The van der Waals surface area contributed by atoms with Crippen LogP contribution in [0.25, 0.3) is 0 Å². The third kappa shape index (κ3) is 3.25. The zero-order valence-corrected chi connectivity index (χ0v) is 10.2. The van der Waals surface area contributed by atoms with Gasteiger partial charge in [0.2, 0.25) is 0 Å². The smallest absolute Gasteiger partial charge is 0.0995 e. The molecule has 85 valence electrons. The summed E-state index contributed by atoms with van der Waals surface area (Å²) in [6, 6.07) is 8.99. The van der Waals surface area contributed by atoms with E-state index in [1.807, 2.05) is 20.2 Å². The second-order valence-corrected chi connectivity index (χ2v) is 3.94. The largest absolute Gasteiger partial charge is 0.383 e. The van der Waals surface area contributed by atoms with Crippen molar-refractivity contribution >= 4 is 5.69 Å². The summed E-state index contributed by atoms with van der Waals surface area (Å²) in [5, 5.41) is 12.3. The zero-order valence-electron chi connectivity index (χ0n) is 10.2. The van der Waals surface area contributed by atoms with E-state index in [1.165, 1.54) is 0 Å². The summed E-state index contributed by atoms with van der Waals surface area (Å²) in [5.41, 5.74) is 2.76. The Bertz CT molecular complexity index is 377. The molecule has 1 aromatic carbocycles. The SMILES string of the molecule is CCc1c(NCCN(C)C)[c]ccc1C#N. The fourth-order valence-corrected chi connectivity index (χ4v) is 1.56. The monoisotopic (exact) mass is 216 g/mol. The molecule has 1 aromatic rings. The summed E-state index contributed by atoms with van der Waals surface area (Å²) in [6.07, 6.45) is 0.852. The first-order valence-corrected chi connectivity index (χ1v) is 5.51. The normalized spacial score (nSPS) is 10.2. The predicted octanol–water partition coefficient (Wildman–Crippen LogP) is 1.89. The Morgan fingerprint density at radius 1 is 1.50 bits per heavy atom. The van der Waals surface area contributed by atoms with Crippen molar-refractivity contribution in [3.05, 3.63) is 29.3 Å². The number of nitrogens with one attached hydrogen (secondary N) is 1. The molecule has 0 unspecified atom stereocenters. The molecular weight excluding hydrogens is 198 g/mol. The van der Waals surface area contributed by atoms with Crippen molar-refractivity contribution in [3.8, 4) is 6.07 Å². The van der Waals surface area contributed by atoms with Crippen molar-refractivity contribution in [2.45, 2.75) is 13.3 Å². The van der Waals surface area contributed by atoms with E-state index >= 15 is 0 Å². The molecule has 0 aliphatic carbocycles. The van der Waals surface area contributed by atoms with Crippen LogP contribution in [0.1, 0.15) is 18.1 Å². The lowest BCUT2D eigenvalue weighted by molar-refractivity contribution is 0.425. The van der Waals surface area contributed by atoms with Crippen LogP contribution in [0.15, 0.2) is 12.1 Å². The van der Waals surface area contributed by atoms with Crippen molar-refractivity contribution in [2.24, 2.45) is 0 Å². The van der Waals surface area contributed by atoms with Crippen LogP contribution in [-0.2, 0) is 6.42 Å². The van der Waals surface area contributed by atoms with Gasteiger partial charge >= 0.3 is 0 Å². The lowest BCUT2D eigenvalue weighted by Crippen LogP contribution is -2.21. The average molecular weight is 216 g/mol. The van der Waals surface area contributed by atoms with Gasteiger partial charge in [-0.15, -0.1) is 0 Å². The molecule has 0 saturated heterocycles. The van der Waals surface area contributed by atoms with Crippen molar-refractivity contribution < 1.29 is 0 Å². The first kappa shape index (κ1) is 12.5. The fraction of sp³-hybridized carbons (Fsp3) is 0.462. The quantitative estimate of drug-likeness (QED) is 0.817. The van der Waals surface area contributed by atoms with E-state index in [1.54, 1.807) is 6.07 Å². The maximum absolute atomic E-state index is 8.99. The molecule has 1 N–H and O–H groups in total. The fourth-order valence-electron chi connectivity index (χ4n) is 1.56. The highest BCUT2D eigenvalue weighted by Gasteiger charge is 2.05. The van der Waals surface area contributed by atoms with Gasteiger partial charge in [-0.05, 0) is 32.1 Å². The Hall–Kier alpha value is -1.53. The summed E-state index contributed by atoms with van der Waals surface area (Å²) in [5.74, 6) is 0. The van der Waals surface area contributed by atoms with Crippen molar-refractivity contribution in [1.29, 1.82) is 5.26 Å². The number of hydrogen-bond donors (Lipinski definition) is 1. The van der Waals surface area contributed by atoms with Gasteiger partial charge in [-0.2, -0.15) is 5.26 Å². The number of hydrogen-bond acceptors (Lipinski definition) is 3. The van der Waals surface area contributed by atoms with Gasteiger partial charge in [0.15, 0.2) is 0 Å². The van der Waals surface area contributed by atoms with Gasteiger partial charge in [-0.3, -0.25) is 0 Å². The molecule has 0 aliphatic heterocycles. The number of rotatable bonds is 5. The highest BCUT2D eigenvalue weighted by molar-refractivity contribution is 5.57. The van der Waals surface area contributed by atoms with Crippen LogP contribution in [-0.4, -0.2) is 32.1 Å². The molecule has 0 aliphatic rings. The van der Waals surface area contributed by atoms with Crippen molar-refractivity contribution in [1.82, 2.24) is 4.90 Å². The lowest BCUT2D eigenvalue weighted by Gasteiger charge is -2.14. The number of anilines is 1. The number of nitrogens with zero attached hydrogens (tertiary/aromatic N) is 2. The Balaban J connectivity index is 2.76. The minimum Gasteiger partial charge on any atom is -0.383 e. The molecule has 0 fully saturated rings. The highest BCUT2D eigenvalue weighted by atomic mass is 15.1. The van der Waals surface area contributed by atoms with E-state index in [9.17, 15) is 0 Å². The molecule has 3 heteroatoms. The van der Waals surface area contributed by atoms with Crippen LogP contribution < -0.4 is 5.32 Å². The van der Waals surface area contributed by atoms with Gasteiger partial charge in [0.1, 0.15) is 0 Å². The molecule has 0 amide bonds. The third-order valence-corrected chi connectivity index (χ3v) is 2.44. The molecule has 0 bridgehead atoms. The van der Waals surface area contributed by atoms with E-state index in [4.69, 9.17) is 5.26 Å². The Morgan fingerprint density at radius 2 is 2.25 bits per heavy atom. The first-order valence-electron chi connectivity index (χ1n) is 5.51. The van der Waals surface area contributed by atoms with Gasteiger partial charge < -0.3 is 10.2 Å². The van der Waals surface area contributed by atoms with E-state index in [2.05, 4.69) is 29.3 Å². The molecule has 0 spiro atoms. The van der Waals surface area contributed by atoms with Crippen LogP contribution in [0.4, 0.5) is 5.69 Å². The maximum atomic E-state index is 8.99. The molecule has 3 nitrogen and oxygen atoms in total. The van der Waals surface area contributed by atoms with Crippen LogP contribution in [0.5, 0.6) is 0 Å². The van der Waals surface area contributed by atoms with E-state index < -0.39 is 0 Å². The summed E-state index contributed by atoms with van der Waals surface area (Å²) < 4.78 is 0. The summed E-state index contributed by atoms with van der Waals surface area (Å²) in [6.45, 7) is 3.89. The Morgan fingerprint density at radius 3 is 2.81 bits per heavy atom. The van der Waals surface area contributed by atoms with Crippen LogP contribution in [0, 0.1) is 17.4 Å². The van der Waals surface area contributed by atoms with Crippen LogP contribution >= 0.6 is 0 Å². The average Bonchev–Trinajstić information content (AvgIpc) is 2.28. The zero-order chi connectivity index (χ0) is 12.0. The van der Waals surface area contributed by atoms with Gasteiger partial charge in [-0.25, -0.2) is 0 Å². The number of benzene rings is 1. The number of likely N-dealkylation sites (N-methyl/N-ethyl adjacent to an activating group) is 1. The number of nitriles is 1. The molecule has 0 atom stereocenters. The molecule has 1 radical (unpaired) electrons. The lowest BCUT2D eigenvalue weighted by atomic mass is 10.0. The van der Waals surface area contributed by atoms with Gasteiger partial charge in [-0.1, -0.05) is 13.0 Å². The van der Waals surface area contributed by atoms with Crippen molar-refractivity contribution in [3.63, 3.8) is 0 Å². The van der Waals surface area contributed by atoms with Gasteiger partial charge in [0, 0.05) is 24.8 Å². The Kier molecular flexibility index (Phi) is 4.81. The predicted molar refractivity (Wildman–Crippen MR) is 66.4 cm³/mol. The molecule has 16 heavy (non-hydrogen) atoms. The topological polar surface area (TPSA) is 39.1 Å². The standard InChI is InChI=1S/C13H18N3/c1-4-12-11(10-14)6-5-7-13(12)15-8-9-16(2)3/h5-6,15H,4,8-9H2,1-3H3. The van der Waals surface area contributed by atoms with Gasteiger partial charge in [0.05, 0.1) is 11.6 Å². The first-order chi connectivity index (χ1) is 7.69. The second kappa shape index (κ2) is 6.14. The molecule has 0 aromatic heterocycles. The van der Waals surface area contributed by atoms with E-state index in [0.717, 1.165) is 36.3 Å². The minimum absolute atomic E-state index is 0.744. The third-order valence-electron chi connectivity index (χ3n) is 2.44. The van der Waals surface area contributed by atoms with Crippen molar-refractivity contribution in [2.75, 3.05) is 32.5 Å². The molecule has 0 saturated carbocycles. The maximum Gasteiger partial charge on any atom is 0.0995 e. The Labute approximate surface area is 97.7 Å². The summed E-state index contributed by atoms with van der Waals surface area (Å²) >= 11 is 0. The second-order valence-electron chi connectivity index (χ2n) is 3.94. The van der Waals surface area contributed by atoms with E-state index in [-0.39, 0.29) is 0 Å². The highest BCUT2D eigenvalue weighted by Crippen LogP contribution is 2.19. The van der Waals surface area contributed by atoms with Crippen LogP contribution in [0.3, 0.4) is 0 Å². The molecule has 0 heterocycles. The van der Waals surface area contributed by atoms with Gasteiger partial charge in [0.25, 0.3) is 0 Å². The summed E-state index contributed by atoms with van der Waals surface area (Å²) in [7, 11) is 4.08. The molecule has 1 rings (SSSR count). The molecular formula is C13H18N3.